The fourth-order valence-corrected chi connectivity index (χ4v) is 3.41. The molecule has 4 aromatic rings. The van der Waals surface area contributed by atoms with Gasteiger partial charge in [0.1, 0.15) is 5.01 Å². The van der Waals surface area contributed by atoms with E-state index in [-0.39, 0.29) is 0 Å². The molecule has 1 aromatic carbocycles. The molecule has 6 nitrogen and oxygen atoms in total. The van der Waals surface area contributed by atoms with Crippen LogP contribution in [0.2, 0.25) is 10.0 Å². The van der Waals surface area contributed by atoms with Gasteiger partial charge in [-0.05, 0) is 18.2 Å². The van der Waals surface area contributed by atoms with Crippen LogP contribution in [0, 0.1) is 0 Å². The van der Waals surface area contributed by atoms with Crippen LogP contribution in [0.5, 0.6) is 0 Å². The summed E-state index contributed by atoms with van der Waals surface area (Å²) < 4.78 is 3.39. The van der Waals surface area contributed by atoms with E-state index >= 15 is 0 Å². The number of fused-ring (bicyclic) bond motifs is 1. The number of nitrogens with zero attached hydrogens (tertiary/aromatic N) is 6. The minimum Gasteiger partial charge on any atom is -0.275 e. The van der Waals surface area contributed by atoms with E-state index in [2.05, 4.69) is 20.4 Å². The van der Waals surface area contributed by atoms with Crippen molar-refractivity contribution < 1.29 is 0 Å². The highest BCUT2D eigenvalue weighted by atomic mass is 35.5. The molecule has 0 unspecified atom stereocenters. The molecule has 0 bridgehead atoms. The molecule has 0 saturated carbocycles. The first-order valence-electron chi connectivity index (χ1n) is 6.28. The maximum Gasteiger partial charge on any atom is 0.235 e. The lowest BCUT2D eigenvalue weighted by molar-refractivity contribution is 0.768. The largest absolute Gasteiger partial charge is 0.275 e. The third kappa shape index (κ3) is 2.18. The van der Waals surface area contributed by atoms with Crippen molar-refractivity contribution in [1.82, 2.24) is 29.6 Å². The van der Waals surface area contributed by atoms with Gasteiger partial charge in [-0.2, -0.15) is 14.7 Å². The molecule has 9 heteroatoms. The molecule has 0 aliphatic rings. The average molecular weight is 351 g/mol. The number of rotatable bonds is 2. The Morgan fingerprint density at radius 3 is 2.82 bits per heavy atom. The van der Waals surface area contributed by atoms with E-state index in [9.17, 15) is 0 Å². The first-order valence-corrected chi connectivity index (χ1v) is 7.86. The Bertz CT molecular complexity index is 986. The summed E-state index contributed by atoms with van der Waals surface area (Å²) in [5, 5.41) is 19.0. The zero-order chi connectivity index (χ0) is 15.3. The topological polar surface area (TPSA) is 60.9 Å². The zero-order valence-corrected chi connectivity index (χ0v) is 13.6. The first-order chi connectivity index (χ1) is 10.6. The fraction of sp³-hybridized carbons (Fsp3) is 0.0769. The molecule has 110 valence electrons. The van der Waals surface area contributed by atoms with Gasteiger partial charge in [-0.25, -0.2) is 0 Å². The molecular formula is C13H8Cl2N6S. The second-order valence-electron chi connectivity index (χ2n) is 4.65. The lowest BCUT2D eigenvalue weighted by atomic mass is 10.2. The molecule has 22 heavy (non-hydrogen) atoms. The minimum atomic E-state index is 0.595. The Labute approximate surface area is 138 Å². The van der Waals surface area contributed by atoms with Gasteiger partial charge in [0.15, 0.2) is 5.82 Å². The molecule has 0 saturated heterocycles. The molecule has 0 aliphatic heterocycles. The van der Waals surface area contributed by atoms with Crippen molar-refractivity contribution in [3.05, 3.63) is 40.6 Å². The molecule has 4 rings (SSSR count). The maximum absolute atomic E-state index is 6.23. The van der Waals surface area contributed by atoms with Crippen LogP contribution >= 0.6 is 34.5 Å². The van der Waals surface area contributed by atoms with Gasteiger partial charge in [0.25, 0.3) is 0 Å². The van der Waals surface area contributed by atoms with Gasteiger partial charge in [-0.15, -0.1) is 10.2 Å². The molecule has 0 radical (unpaired) electrons. The zero-order valence-electron chi connectivity index (χ0n) is 11.2. The number of aromatic nitrogens is 6. The quantitative estimate of drug-likeness (QED) is 0.554. The lowest BCUT2D eigenvalue weighted by Crippen LogP contribution is -1.90. The van der Waals surface area contributed by atoms with E-state index in [0.29, 0.717) is 20.8 Å². The summed E-state index contributed by atoms with van der Waals surface area (Å²) in [6.07, 6.45) is 3.59. The SMILES string of the molecule is Cn1cc(-c2nnc3sc(-c4cc(Cl)ccc4Cl)nn23)cn1. The van der Waals surface area contributed by atoms with Crippen molar-refractivity contribution in [1.29, 1.82) is 0 Å². The van der Waals surface area contributed by atoms with Crippen LogP contribution in [0.1, 0.15) is 0 Å². The second-order valence-corrected chi connectivity index (χ2v) is 6.45. The van der Waals surface area contributed by atoms with Crippen molar-refractivity contribution in [3.63, 3.8) is 0 Å². The summed E-state index contributed by atoms with van der Waals surface area (Å²) in [7, 11) is 1.85. The Morgan fingerprint density at radius 2 is 2.05 bits per heavy atom. The molecule has 3 heterocycles. The summed E-state index contributed by atoms with van der Waals surface area (Å²) in [5.41, 5.74) is 1.63. The monoisotopic (exact) mass is 350 g/mol. The van der Waals surface area contributed by atoms with Gasteiger partial charge in [0.05, 0.1) is 16.8 Å². The van der Waals surface area contributed by atoms with Gasteiger partial charge in [0, 0.05) is 23.8 Å². The average Bonchev–Trinajstić information content (AvgIpc) is 3.16. The highest BCUT2D eigenvalue weighted by molar-refractivity contribution is 7.19. The summed E-state index contributed by atoms with van der Waals surface area (Å²) >= 11 is 13.7. The van der Waals surface area contributed by atoms with Crippen LogP contribution in [-0.4, -0.2) is 29.6 Å². The van der Waals surface area contributed by atoms with Crippen molar-refractivity contribution in [3.8, 4) is 22.0 Å². The number of aryl methyl sites for hydroxylation is 1. The Kier molecular flexibility index (Phi) is 3.14. The Hall–Kier alpha value is -1.96. The van der Waals surface area contributed by atoms with Crippen LogP contribution in [-0.2, 0) is 7.05 Å². The van der Waals surface area contributed by atoms with E-state index < -0.39 is 0 Å². The third-order valence-electron chi connectivity index (χ3n) is 3.11. The summed E-state index contributed by atoms with van der Waals surface area (Å²) in [5.74, 6) is 0.642. The summed E-state index contributed by atoms with van der Waals surface area (Å²) in [6, 6.07) is 5.29. The van der Waals surface area contributed by atoms with Gasteiger partial charge in [-0.3, -0.25) is 4.68 Å². The van der Waals surface area contributed by atoms with Gasteiger partial charge < -0.3 is 0 Å². The van der Waals surface area contributed by atoms with Gasteiger partial charge >= 0.3 is 0 Å². The molecule has 0 spiro atoms. The molecular weight excluding hydrogens is 343 g/mol. The van der Waals surface area contributed by atoms with Crippen LogP contribution in [0.4, 0.5) is 0 Å². The van der Waals surface area contributed by atoms with Crippen molar-refractivity contribution in [2.45, 2.75) is 0 Å². The van der Waals surface area contributed by atoms with Gasteiger partial charge in [0.2, 0.25) is 4.96 Å². The van der Waals surface area contributed by atoms with Crippen molar-refractivity contribution in [2.75, 3.05) is 0 Å². The lowest BCUT2D eigenvalue weighted by Gasteiger charge is -1.99. The number of hydrogen-bond donors (Lipinski definition) is 0. The van der Waals surface area contributed by atoms with Crippen LogP contribution in [0.25, 0.3) is 26.9 Å². The van der Waals surface area contributed by atoms with Crippen molar-refractivity contribution in [2.24, 2.45) is 7.05 Å². The Morgan fingerprint density at radius 1 is 1.18 bits per heavy atom. The molecule has 0 atom stereocenters. The van der Waals surface area contributed by atoms with Gasteiger partial charge in [-0.1, -0.05) is 34.5 Å². The predicted octanol–water partition coefficient (Wildman–Crippen LogP) is 3.56. The summed E-state index contributed by atoms with van der Waals surface area (Å²) in [4.78, 5) is 0.685. The van der Waals surface area contributed by atoms with Crippen molar-refractivity contribution >= 4 is 39.5 Å². The minimum absolute atomic E-state index is 0.595. The first kappa shape index (κ1) is 13.7. The van der Waals surface area contributed by atoms with E-state index in [1.807, 2.05) is 13.2 Å². The van der Waals surface area contributed by atoms with E-state index in [1.165, 1.54) is 11.3 Å². The number of hydrogen-bond acceptors (Lipinski definition) is 5. The van der Waals surface area contributed by atoms with E-state index in [4.69, 9.17) is 23.2 Å². The molecule has 3 aromatic heterocycles. The standard InChI is InChI=1S/C13H8Cl2N6S/c1-20-6-7(5-16-20)11-17-18-13-21(11)19-12(22-13)9-4-8(14)2-3-10(9)15/h2-6H,1H3. The Balaban J connectivity index is 1.88. The fourth-order valence-electron chi connectivity index (χ4n) is 2.10. The number of halogens is 2. The molecule has 0 aliphatic carbocycles. The highest BCUT2D eigenvalue weighted by Crippen LogP contribution is 2.34. The van der Waals surface area contributed by atoms with E-state index in [1.54, 1.807) is 33.6 Å². The predicted molar refractivity (Wildman–Crippen MR) is 86.3 cm³/mol. The highest BCUT2D eigenvalue weighted by Gasteiger charge is 2.17. The number of benzene rings is 1. The maximum atomic E-state index is 6.23. The third-order valence-corrected chi connectivity index (χ3v) is 4.61. The molecule has 0 amide bonds. The normalized spacial score (nSPS) is 11.4. The molecule has 0 N–H and O–H groups in total. The van der Waals surface area contributed by atoms with Crippen LogP contribution < -0.4 is 0 Å². The molecule has 0 fully saturated rings. The van der Waals surface area contributed by atoms with E-state index in [0.717, 1.165) is 16.1 Å². The van der Waals surface area contributed by atoms with Crippen LogP contribution in [0.3, 0.4) is 0 Å². The smallest absolute Gasteiger partial charge is 0.235 e. The summed E-state index contributed by atoms with van der Waals surface area (Å²) in [6.45, 7) is 0. The van der Waals surface area contributed by atoms with Crippen LogP contribution in [0.15, 0.2) is 30.6 Å². The second kappa shape index (κ2) is 5.05.